The lowest BCUT2D eigenvalue weighted by Crippen LogP contribution is -2.38. The molecule has 0 spiro atoms. The van der Waals surface area contributed by atoms with Gasteiger partial charge in [-0.1, -0.05) is 18.9 Å². The van der Waals surface area contributed by atoms with Crippen LogP contribution in [0.15, 0.2) is 18.2 Å². The van der Waals surface area contributed by atoms with Crippen molar-refractivity contribution in [3.63, 3.8) is 0 Å². The maximum Gasteiger partial charge on any atom is 0.311 e. The Bertz CT molecular complexity index is 556. The second-order valence-electron chi connectivity index (χ2n) is 5.21. The molecule has 6 nitrogen and oxygen atoms in total. The summed E-state index contributed by atoms with van der Waals surface area (Å²) in [5.74, 6) is -1.05. The molecule has 1 aliphatic rings. The minimum absolute atomic E-state index is 0.0476. The molecule has 0 saturated heterocycles. The fourth-order valence-corrected chi connectivity index (χ4v) is 3.58. The summed E-state index contributed by atoms with van der Waals surface area (Å²) in [6.45, 7) is 0.509. The van der Waals surface area contributed by atoms with E-state index in [0.717, 1.165) is 25.7 Å². The van der Waals surface area contributed by atoms with Gasteiger partial charge in [0.05, 0.1) is 10.5 Å². The molecule has 0 aliphatic heterocycles. The molecule has 0 bridgehead atoms. The van der Waals surface area contributed by atoms with Gasteiger partial charge in [-0.3, -0.25) is 14.9 Å². The van der Waals surface area contributed by atoms with Crippen LogP contribution in [0.5, 0.6) is 5.75 Å². The van der Waals surface area contributed by atoms with Crippen molar-refractivity contribution in [2.45, 2.75) is 30.4 Å². The number of rotatable bonds is 5. The largest absolute Gasteiger partial charge is 0.502 e. The lowest BCUT2D eigenvalue weighted by atomic mass is 10.1. The van der Waals surface area contributed by atoms with E-state index in [1.54, 1.807) is 11.8 Å². The SMILES string of the molecule is CSC1(CNC(=O)c2cccc([N+](=O)[O-])c2O)CCCC1. The smallest absolute Gasteiger partial charge is 0.311 e. The van der Waals surface area contributed by atoms with Crippen molar-refractivity contribution in [2.24, 2.45) is 0 Å². The van der Waals surface area contributed by atoms with Gasteiger partial charge in [0.2, 0.25) is 5.75 Å². The van der Waals surface area contributed by atoms with Crippen molar-refractivity contribution >= 4 is 23.4 Å². The van der Waals surface area contributed by atoms with Crippen molar-refractivity contribution in [2.75, 3.05) is 12.8 Å². The molecule has 1 amide bonds. The third kappa shape index (κ3) is 3.29. The normalized spacial score (nSPS) is 16.6. The van der Waals surface area contributed by atoms with Crippen molar-refractivity contribution in [1.82, 2.24) is 5.32 Å². The molecule has 0 unspecified atom stereocenters. The topological polar surface area (TPSA) is 92.5 Å². The van der Waals surface area contributed by atoms with Crippen LogP contribution in [-0.4, -0.2) is 33.5 Å². The number of phenols is 1. The number of carbonyl (C=O) groups excluding carboxylic acids is 1. The van der Waals surface area contributed by atoms with E-state index < -0.39 is 22.3 Å². The maximum atomic E-state index is 12.2. The number of benzene rings is 1. The van der Waals surface area contributed by atoms with E-state index in [-0.39, 0.29) is 10.3 Å². The third-order valence-corrected chi connectivity index (χ3v) is 5.39. The Hall–Kier alpha value is -1.76. The number of nitro benzene ring substituents is 1. The molecule has 1 saturated carbocycles. The van der Waals surface area contributed by atoms with Gasteiger partial charge in [0.15, 0.2) is 0 Å². The zero-order chi connectivity index (χ0) is 15.5. The Morgan fingerprint density at radius 3 is 2.71 bits per heavy atom. The van der Waals surface area contributed by atoms with Gasteiger partial charge in [-0.2, -0.15) is 11.8 Å². The van der Waals surface area contributed by atoms with E-state index in [1.807, 2.05) is 6.26 Å². The zero-order valence-corrected chi connectivity index (χ0v) is 12.6. The van der Waals surface area contributed by atoms with Crippen LogP contribution in [0.3, 0.4) is 0 Å². The van der Waals surface area contributed by atoms with Crippen LogP contribution in [0.4, 0.5) is 5.69 Å². The fourth-order valence-electron chi connectivity index (χ4n) is 2.67. The van der Waals surface area contributed by atoms with E-state index in [9.17, 15) is 20.0 Å². The molecule has 0 atom stereocenters. The summed E-state index contributed by atoms with van der Waals surface area (Å²) in [4.78, 5) is 22.2. The van der Waals surface area contributed by atoms with Gasteiger partial charge in [0.25, 0.3) is 5.91 Å². The Morgan fingerprint density at radius 1 is 1.48 bits per heavy atom. The third-order valence-electron chi connectivity index (χ3n) is 3.97. The number of hydrogen-bond donors (Lipinski definition) is 2. The van der Waals surface area contributed by atoms with E-state index in [2.05, 4.69) is 5.32 Å². The molecule has 7 heteroatoms. The first-order valence-electron chi connectivity index (χ1n) is 6.79. The lowest BCUT2D eigenvalue weighted by molar-refractivity contribution is -0.385. The molecule has 0 radical (unpaired) electrons. The van der Waals surface area contributed by atoms with Crippen molar-refractivity contribution < 1.29 is 14.8 Å². The summed E-state index contributed by atoms with van der Waals surface area (Å²) >= 11 is 1.74. The molecular weight excluding hydrogens is 292 g/mol. The minimum atomic E-state index is -0.702. The number of nitro groups is 1. The fraction of sp³-hybridized carbons (Fsp3) is 0.500. The van der Waals surface area contributed by atoms with Crippen LogP contribution < -0.4 is 5.32 Å². The van der Waals surface area contributed by atoms with Crippen LogP contribution in [-0.2, 0) is 0 Å². The van der Waals surface area contributed by atoms with Crippen molar-refractivity contribution in [3.8, 4) is 5.75 Å². The molecule has 0 aromatic heterocycles. The van der Waals surface area contributed by atoms with Gasteiger partial charge >= 0.3 is 5.69 Å². The molecule has 2 rings (SSSR count). The van der Waals surface area contributed by atoms with Crippen LogP contribution in [0, 0.1) is 10.1 Å². The standard InChI is InChI=1S/C14H18N2O4S/c1-21-14(7-2-3-8-14)9-15-13(18)10-5-4-6-11(12(10)17)16(19)20/h4-6,17H,2-3,7-9H2,1H3,(H,15,18). The molecule has 1 aliphatic carbocycles. The average molecular weight is 310 g/mol. The number of amides is 1. The highest BCUT2D eigenvalue weighted by Gasteiger charge is 2.33. The maximum absolute atomic E-state index is 12.2. The predicted molar refractivity (Wildman–Crippen MR) is 81.8 cm³/mol. The first-order chi connectivity index (χ1) is 9.99. The van der Waals surface area contributed by atoms with E-state index in [1.165, 1.54) is 18.2 Å². The number of para-hydroxylation sites is 1. The first kappa shape index (κ1) is 15.6. The summed E-state index contributed by atoms with van der Waals surface area (Å²) in [7, 11) is 0. The monoisotopic (exact) mass is 310 g/mol. The molecule has 1 fully saturated rings. The van der Waals surface area contributed by atoms with Crippen LogP contribution in [0.2, 0.25) is 0 Å². The van der Waals surface area contributed by atoms with E-state index >= 15 is 0 Å². The number of thioether (sulfide) groups is 1. The average Bonchev–Trinajstić information content (AvgIpc) is 2.94. The molecular formula is C14H18N2O4S. The Morgan fingerprint density at radius 2 is 2.14 bits per heavy atom. The Labute approximate surface area is 127 Å². The van der Waals surface area contributed by atoms with Gasteiger partial charge in [-0.05, 0) is 25.2 Å². The second-order valence-corrected chi connectivity index (χ2v) is 6.48. The first-order valence-corrected chi connectivity index (χ1v) is 8.01. The number of nitrogens with one attached hydrogen (secondary N) is 1. The summed E-state index contributed by atoms with van der Waals surface area (Å²) in [5, 5.41) is 23.4. The van der Waals surface area contributed by atoms with Gasteiger partial charge in [-0.25, -0.2) is 0 Å². The highest BCUT2D eigenvalue weighted by atomic mass is 32.2. The summed E-state index contributed by atoms with van der Waals surface area (Å²) in [6.07, 6.45) is 6.44. The molecule has 1 aromatic rings. The second kappa shape index (κ2) is 6.34. The van der Waals surface area contributed by atoms with Gasteiger partial charge in [0.1, 0.15) is 0 Å². The Balaban J connectivity index is 2.10. The van der Waals surface area contributed by atoms with Crippen molar-refractivity contribution in [1.29, 1.82) is 0 Å². The number of carbonyl (C=O) groups is 1. The molecule has 1 aromatic carbocycles. The van der Waals surface area contributed by atoms with E-state index in [4.69, 9.17) is 0 Å². The zero-order valence-electron chi connectivity index (χ0n) is 11.8. The summed E-state index contributed by atoms with van der Waals surface area (Å²) in [6, 6.07) is 3.96. The molecule has 21 heavy (non-hydrogen) atoms. The number of aromatic hydroxyl groups is 1. The molecule has 0 heterocycles. The van der Waals surface area contributed by atoms with E-state index in [0.29, 0.717) is 6.54 Å². The minimum Gasteiger partial charge on any atom is -0.502 e. The number of hydrogen-bond acceptors (Lipinski definition) is 5. The summed E-state index contributed by atoms with van der Waals surface area (Å²) in [5.41, 5.74) is -0.512. The van der Waals surface area contributed by atoms with Crippen LogP contribution in [0.25, 0.3) is 0 Å². The molecule has 114 valence electrons. The van der Waals surface area contributed by atoms with Crippen LogP contribution in [0.1, 0.15) is 36.0 Å². The predicted octanol–water partition coefficient (Wildman–Crippen LogP) is 2.71. The molecule has 2 N–H and O–H groups in total. The van der Waals surface area contributed by atoms with Gasteiger partial charge in [0, 0.05) is 17.4 Å². The van der Waals surface area contributed by atoms with Crippen molar-refractivity contribution in [3.05, 3.63) is 33.9 Å². The number of nitrogens with zero attached hydrogens (tertiary/aromatic N) is 1. The van der Waals surface area contributed by atoms with Gasteiger partial charge in [-0.15, -0.1) is 0 Å². The lowest BCUT2D eigenvalue weighted by Gasteiger charge is -2.26. The Kier molecular flexibility index (Phi) is 4.72. The van der Waals surface area contributed by atoms with Crippen LogP contribution >= 0.6 is 11.8 Å². The number of phenolic OH excluding ortho intramolecular Hbond substituents is 1. The highest BCUT2D eigenvalue weighted by Crippen LogP contribution is 2.39. The quantitative estimate of drug-likeness (QED) is 0.644. The van der Waals surface area contributed by atoms with Gasteiger partial charge < -0.3 is 10.4 Å². The summed E-state index contributed by atoms with van der Waals surface area (Å²) < 4.78 is 0.0476. The highest BCUT2D eigenvalue weighted by molar-refractivity contribution is 8.00.